The van der Waals surface area contributed by atoms with Gasteiger partial charge in [-0.1, -0.05) is 6.92 Å². The van der Waals surface area contributed by atoms with Crippen molar-refractivity contribution in [3.8, 4) is 0 Å². The predicted molar refractivity (Wildman–Crippen MR) is 84.3 cm³/mol. The molecule has 22 heavy (non-hydrogen) atoms. The van der Waals surface area contributed by atoms with E-state index < -0.39 is 0 Å². The fourth-order valence-corrected chi connectivity index (χ4v) is 3.77. The van der Waals surface area contributed by atoms with E-state index in [1.165, 1.54) is 0 Å². The quantitative estimate of drug-likeness (QED) is 0.858. The molecular formula is C17H27N3O2. The first-order valence-corrected chi connectivity index (χ1v) is 8.65. The van der Waals surface area contributed by atoms with Gasteiger partial charge < -0.3 is 9.64 Å². The van der Waals surface area contributed by atoms with Gasteiger partial charge in [-0.15, -0.1) is 0 Å². The van der Waals surface area contributed by atoms with Gasteiger partial charge in [0.2, 0.25) is 5.91 Å². The maximum absolute atomic E-state index is 12.8. The molecule has 2 fully saturated rings. The molecule has 2 saturated heterocycles. The van der Waals surface area contributed by atoms with Crippen LogP contribution in [0.1, 0.15) is 39.0 Å². The molecule has 0 N–H and O–H groups in total. The van der Waals surface area contributed by atoms with Gasteiger partial charge in [-0.05, 0) is 44.1 Å². The summed E-state index contributed by atoms with van der Waals surface area (Å²) in [6.45, 7) is 5.68. The maximum atomic E-state index is 12.8. The highest BCUT2D eigenvalue weighted by molar-refractivity contribution is 5.79. The molecule has 3 rings (SSSR count). The smallest absolute Gasteiger partial charge is 0.228 e. The van der Waals surface area contributed by atoms with E-state index in [1.807, 2.05) is 23.1 Å². The maximum Gasteiger partial charge on any atom is 0.228 e. The number of hydrogen-bond donors (Lipinski definition) is 0. The number of nitrogens with zero attached hydrogens (tertiary/aromatic N) is 3. The predicted octanol–water partition coefficient (Wildman–Crippen LogP) is 2.33. The highest BCUT2D eigenvalue weighted by atomic mass is 16.5. The molecule has 0 spiro atoms. The molecule has 0 saturated carbocycles. The summed E-state index contributed by atoms with van der Waals surface area (Å²) in [7, 11) is 0. The van der Waals surface area contributed by atoms with Crippen LogP contribution in [0.5, 0.6) is 0 Å². The molecule has 1 aromatic rings. The summed E-state index contributed by atoms with van der Waals surface area (Å²) in [6.07, 6.45) is 9.07. The molecule has 0 radical (unpaired) electrons. The Balaban J connectivity index is 1.51. The van der Waals surface area contributed by atoms with Gasteiger partial charge in [0.25, 0.3) is 0 Å². The van der Waals surface area contributed by atoms with Gasteiger partial charge in [-0.2, -0.15) is 5.10 Å². The van der Waals surface area contributed by atoms with Crippen LogP contribution in [0.25, 0.3) is 0 Å². The molecule has 0 aromatic carbocycles. The Hall–Kier alpha value is -1.36. The molecule has 3 heterocycles. The fourth-order valence-electron chi connectivity index (χ4n) is 3.77. The normalized spacial score (nSPS) is 27.0. The fraction of sp³-hybridized carbons (Fsp3) is 0.765. The van der Waals surface area contributed by atoms with Crippen LogP contribution in [0.2, 0.25) is 0 Å². The lowest BCUT2D eigenvalue weighted by molar-refractivity contribution is -0.146. The van der Waals surface area contributed by atoms with Crippen molar-refractivity contribution < 1.29 is 9.53 Å². The van der Waals surface area contributed by atoms with Crippen molar-refractivity contribution in [3.63, 3.8) is 0 Å². The third-order valence-electron chi connectivity index (χ3n) is 5.09. The molecule has 122 valence electrons. The molecular weight excluding hydrogens is 278 g/mol. The zero-order valence-corrected chi connectivity index (χ0v) is 13.5. The summed E-state index contributed by atoms with van der Waals surface area (Å²) in [6, 6.07) is 1.96. The van der Waals surface area contributed by atoms with E-state index in [4.69, 9.17) is 4.74 Å². The van der Waals surface area contributed by atoms with Crippen LogP contribution < -0.4 is 0 Å². The Morgan fingerprint density at radius 1 is 1.32 bits per heavy atom. The molecule has 1 aromatic heterocycles. The number of piperidine rings is 1. The third kappa shape index (κ3) is 3.51. The van der Waals surface area contributed by atoms with Gasteiger partial charge in [-0.25, -0.2) is 0 Å². The molecule has 2 aliphatic heterocycles. The van der Waals surface area contributed by atoms with Gasteiger partial charge in [0.05, 0.1) is 12.0 Å². The number of rotatable bonds is 4. The molecule has 0 aliphatic carbocycles. The zero-order chi connectivity index (χ0) is 15.4. The van der Waals surface area contributed by atoms with Crippen molar-refractivity contribution in [1.82, 2.24) is 14.7 Å². The van der Waals surface area contributed by atoms with Gasteiger partial charge in [0.1, 0.15) is 0 Å². The number of carbonyl (C=O) groups is 1. The minimum atomic E-state index is 0.0846. The minimum Gasteiger partial charge on any atom is -0.377 e. The molecule has 5 heteroatoms. The summed E-state index contributed by atoms with van der Waals surface area (Å²) in [4.78, 5) is 14.8. The average molecular weight is 305 g/mol. The lowest BCUT2D eigenvalue weighted by Crippen LogP contribution is -2.47. The second-order valence-electron chi connectivity index (χ2n) is 6.56. The van der Waals surface area contributed by atoms with Crippen molar-refractivity contribution >= 4 is 5.91 Å². The van der Waals surface area contributed by atoms with E-state index in [2.05, 4.69) is 16.9 Å². The first-order valence-electron chi connectivity index (χ1n) is 8.65. The van der Waals surface area contributed by atoms with E-state index >= 15 is 0 Å². The third-order valence-corrected chi connectivity index (χ3v) is 5.09. The van der Waals surface area contributed by atoms with Crippen LogP contribution in [0.3, 0.4) is 0 Å². The summed E-state index contributed by atoms with van der Waals surface area (Å²) in [5.41, 5.74) is 0. The second-order valence-corrected chi connectivity index (χ2v) is 6.56. The van der Waals surface area contributed by atoms with E-state index in [0.717, 1.165) is 58.3 Å². The van der Waals surface area contributed by atoms with Crippen molar-refractivity contribution in [2.24, 2.45) is 11.8 Å². The number of hydrogen-bond acceptors (Lipinski definition) is 3. The Kier molecular flexibility index (Phi) is 5.13. The lowest BCUT2D eigenvalue weighted by atomic mass is 9.89. The Morgan fingerprint density at radius 3 is 2.82 bits per heavy atom. The lowest BCUT2D eigenvalue weighted by Gasteiger charge is -2.37. The van der Waals surface area contributed by atoms with Crippen LogP contribution in [0, 0.1) is 11.8 Å². The zero-order valence-electron chi connectivity index (χ0n) is 13.5. The summed E-state index contributed by atoms with van der Waals surface area (Å²) < 4.78 is 7.79. The van der Waals surface area contributed by atoms with Crippen LogP contribution in [-0.2, 0) is 16.1 Å². The van der Waals surface area contributed by atoms with Crippen molar-refractivity contribution in [1.29, 1.82) is 0 Å². The molecule has 5 nitrogen and oxygen atoms in total. The number of aromatic nitrogens is 2. The highest BCUT2D eigenvalue weighted by Gasteiger charge is 2.35. The van der Waals surface area contributed by atoms with Gasteiger partial charge in [0, 0.05) is 38.6 Å². The number of amides is 1. The van der Waals surface area contributed by atoms with Gasteiger partial charge >= 0.3 is 0 Å². The first-order chi connectivity index (χ1) is 10.8. The monoisotopic (exact) mass is 305 g/mol. The van der Waals surface area contributed by atoms with E-state index in [0.29, 0.717) is 11.8 Å². The minimum absolute atomic E-state index is 0.0846. The topological polar surface area (TPSA) is 47.4 Å². The second kappa shape index (κ2) is 7.27. The standard InChI is InChI=1S/C17H27N3O2/c1-2-16-15(5-3-12-22-16)17(21)19-10-6-14(7-11-19)13-20-9-4-8-18-20/h4,8-9,14-16H,2-3,5-7,10-13H2,1H3/t15-,16-/m0/s1. The van der Waals surface area contributed by atoms with Crippen LogP contribution in [-0.4, -0.2) is 46.4 Å². The van der Waals surface area contributed by atoms with E-state index in [-0.39, 0.29) is 12.0 Å². The molecule has 2 atom stereocenters. The van der Waals surface area contributed by atoms with E-state index in [9.17, 15) is 4.79 Å². The Labute approximate surface area is 132 Å². The largest absolute Gasteiger partial charge is 0.377 e. The Morgan fingerprint density at radius 2 is 2.14 bits per heavy atom. The van der Waals surface area contributed by atoms with Crippen molar-refractivity contribution in [3.05, 3.63) is 18.5 Å². The summed E-state index contributed by atoms with van der Waals surface area (Å²) >= 11 is 0. The summed E-state index contributed by atoms with van der Waals surface area (Å²) in [5, 5.41) is 4.28. The SMILES string of the molecule is CC[C@@H]1OCCC[C@@H]1C(=O)N1CCC(Cn2cccn2)CC1. The number of ether oxygens (including phenoxy) is 1. The van der Waals surface area contributed by atoms with E-state index in [1.54, 1.807) is 0 Å². The van der Waals surface area contributed by atoms with Crippen molar-refractivity contribution in [2.75, 3.05) is 19.7 Å². The molecule has 1 amide bonds. The number of likely N-dealkylation sites (tertiary alicyclic amines) is 1. The average Bonchev–Trinajstić information content (AvgIpc) is 3.08. The van der Waals surface area contributed by atoms with Crippen LogP contribution in [0.4, 0.5) is 0 Å². The summed E-state index contributed by atoms with van der Waals surface area (Å²) in [5.74, 6) is 1.04. The molecule has 0 unspecified atom stereocenters. The molecule has 2 aliphatic rings. The van der Waals surface area contributed by atoms with Crippen LogP contribution >= 0.6 is 0 Å². The highest BCUT2D eigenvalue weighted by Crippen LogP contribution is 2.27. The van der Waals surface area contributed by atoms with Gasteiger partial charge in [-0.3, -0.25) is 9.48 Å². The number of carbonyl (C=O) groups excluding carboxylic acids is 1. The van der Waals surface area contributed by atoms with Crippen LogP contribution in [0.15, 0.2) is 18.5 Å². The Bertz CT molecular complexity index is 466. The first kappa shape index (κ1) is 15.5. The van der Waals surface area contributed by atoms with Crippen molar-refractivity contribution in [2.45, 2.75) is 51.7 Å². The van der Waals surface area contributed by atoms with Gasteiger partial charge in [0.15, 0.2) is 0 Å². The molecule has 0 bridgehead atoms.